The number of ether oxygens (including phenoxy) is 2. The van der Waals surface area contributed by atoms with Crippen molar-refractivity contribution in [2.24, 2.45) is 0 Å². The molecule has 5 nitrogen and oxygen atoms in total. The standard InChI is InChI=1S/C24H31NO4/c1-4-6-9-15-29-24(27)21-16(3)25-18-12-10-13-19(26)23(18)22(21)17-11-7-8-14-20(17)28-5-2/h7-8,11,14,22,25H,4-6,9-10,12-13,15H2,1-3H3. The highest BCUT2D eigenvalue weighted by atomic mass is 16.5. The van der Waals surface area contributed by atoms with E-state index in [9.17, 15) is 9.59 Å². The van der Waals surface area contributed by atoms with Crippen LogP contribution in [0.15, 0.2) is 46.8 Å². The lowest BCUT2D eigenvalue weighted by molar-refractivity contribution is -0.139. The molecule has 0 saturated carbocycles. The first kappa shape index (κ1) is 21.2. The van der Waals surface area contributed by atoms with Gasteiger partial charge in [0.25, 0.3) is 0 Å². The molecule has 0 aromatic heterocycles. The number of ketones is 1. The lowest BCUT2D eigenvalue weighted by atomic mass is 9.75. The highest BCUT2D eigenvalue weighted by Crippen LogP contribution is 2.45. The zero-order chi connectivity index (χ0) is 20.8. The Balaban J connectivity index is 2.04. The number of benzene rings is 1. The third-order valence-electron chi connectivity index (χ3n) is 5.51. The molecule has 1 unspecified atom stereocenters. The molecule has 0 spiro atoms. The smallest absolute Gasteiger partial charge is 0.336 e. The van der Waals surface area contributed by atoms with E-state index >= 15 is 0 Å². The fourth-order valence-electron chi connectivity index (χ4n) is 4.17. The number of hydrogen-bond acceptors (Lipinski definition) is 5. The van der Waals surface area contributed by atoms with Gasteiger partial charge in [-0.05, 0) is 39.2 Å². The Morgan fingerprint density at radius 1 is 1.17 bits per heavy atom. The number of Topliss-reactive ketones (excluding diaryl/α,β-unsaturated/α-hetero) is 1. The molecule has 1 aromatic carbocycles. The summed E-state index contributed by atoms with van der Waals surface area (Å²) in [6.07, 6.45) is 5.07. The van der Waals surface area contributed by atoms with E-state index in [0.29, 0.717) is 36.5 Å². The molecule has 156 valence electrons. The van der Waals surface area contributed by atoms with Crippen LogP contribution in [0, 0.1) is 0 Å². The van der Waals surface area contributed by atoms with Crippen molar-refractivity contribution >= 4 is 11.8 Å². The van der Waals surface area contributed by atoms with Crippen molar-refractivity contribution in [1.29, 1.82) is 0 Å². The quantitative estimate of drug-likeness (QED) is 0.505. The maximum atomic E-state index is 13.1. The van der Waals surface area contributed by atoms with Crippen LogP contribution in [0.25, 0.3) is 0 Å². The largest absolute Gasteiger partial charge is 0.494 e. The van der Waals surface area contributed by atoms with Crippen molar-refractivity contribution < 1.29 is 19.1 Å². The minimum atomic E-state index is -0.458. The molecule has 1 aromatic rings. The third-order valence-corrected chi connectivity index (χ3v) is 5.51. The van der Waals surface area contributed by atoms with Gasteiger partial charge in [-0.2, -0.15) is 0 Å². The number of carbonyl (C=O) groups excluding carboxylic acids is 2. The van der Waals surface area contributed by atoms with Gasteiger partial charge in [0.2, 0.25) is 0 Å². The predicted octanol–water partition coefficient (Wildman–Crippen LogP) is 4.79. The molecule has 0 radical (unpaired) electrons. The molecule has 0 amide bonds. The van der Waals surface area contributed by atoms with E-state index in [0.717, 1.165) is 49.1 Å². The lowest BCUT2D eigenvalue weighted by Crippen LogP contribution is -2.34. The summed E-state index contributed by atoms with van der Waals surface area (Å²) < 4.78 is 11.5. The number of rotatable bonds is 8. The van der Waals surface area contributed by atoms with Crippen LogP contribution in [-0.2, 0) is 14.3 Å². The minimum absolute atomic E-state index is 0.0961. The summed E-state index contributed by atoms with van der Waals surface area (Å²) in [4.78, 5) is 26.1. The third kappa shape index (κ3) is 4.55. The fraction of sp³-hybridized carbons (Fsp3) is 0.500. The first-order valence-corrected chi connectivity index (χ1v) is 10.7. The second kappa shape index (κ2) is 9.77. The van der Waals surface area contributed by atoms with Crippen molar-refractivity contribution in [2.75, 3.05) is 13.2 Å². The van der Waals surface area contributed by atoms with Gasteiger partial charge in [0.15, 0.2) is 5.78 Å². The summed E-state index contributed by atoms with van der Waals surface area (Å²) in [6.45, 7) is 6.84. The number of carbonyl (C=O) groups is 2. The SMILES string of the molecule is CCCCCOC(=O)C1=C(C)NC2=C(C(=O)CCC2)C1c1ccccc1OCC. The Morgan fingerprint density at radius 3 is 2.72 bits per heavy atom. The van der Waals surface area contributed by atoms with Gasteiger partial charge in [-0.3, -0.25) is 4.79 Å². The normalized spacial score (nSPS) is 19.0. The van der Waals surface area contributed by atoms with Gasteiger partial charge in [-0.1, -0.05) is 38.0 Å². The highest BCUT2D eigenvalue weighted by Gasteiger charge is 2.40. The summed E-state index contributed by atoms with van der Waals surface area (Å²) in [5, 5.41) is 3.33. The van der Waals surface area contributed by atoms with Gasteiger partial charge in [0, 0.05) is 29.0 Å². The summed E-state index contributed by atoms with van der Waals surface area (Å²) in [5.41, 5.74) is 3.74. The van der Waals surface area contributed by atoms with E-state index in [1.54, 1.807) is 0 Å². The van der Waals surface area contributed by atoms with Crippen LogP contribution in [0.2, 0.25) is 0 Å². The number of nitrogens with one attached hydrogen (secondary N) is 1. The Bertz CT molecular complexity index is 837. The van der Waals surface area contributed by atoms with Gasteiger partial charge >= 0.3 is 5.97 Å². The summed E-state index contributed by atoms with van der Waals surface area (Å²) >= 11 is 0. The van der Waals surface area contributed by atoms with Crippen molar-refractivity contribution in [1.82, 2.24) is 5.32 Å². The lowest BCUT2D eigenvalue weighted by Gasteiger charge is -2.34. The number of para-hydroxylation sites is 1. The van der Waals surface area contributed by atoms with Crippen molar-refractivity contribution in [3.05, 3.63) is 52.4 Å². The molecular formula is C24H31NO4. The molecule has 0 bridgehead atoms. The molecule has 1 N–H and O–H groups in total. The number of hydrogen-bond donors (Lipinski definition) is 1. The monoisotopic (exact) mass is 397 g/mol. The van der Waals surface area contributed by atoms with Crippen molar-refractivity contribution in [3.8, 4) is 5.75 Å². The van der Waals surface area contributed by atoms with E-state index in [4.69, 9.17) is 9.47 Å². The van der Waals surface area contributed by atoms with Gasteiger partial charge in [-0.15, -0.1) is 0 Å². The summed E-state index contributed by atoms with van der Waals surface area (Å²) in [6, 6.07) is 7.68. The second-order valence-electron chi connectivity index (χ2n) is 7.58. The average Bonchev–Trinajstić information content (AvgIpc) is 2.71. The topological polar surface area (TPSA) is 64.6 Å². The zero-order valence-corrected chi connectivity index (χ0v) is 17.7. The molecule has 1 atom stereocenters. The first-order valence-electron chi connectivity index (χ1n) is 10.7. The van der Waals surface area contributed by atoms with E-state index in [1.165, 1.54) is 0 Å². The van der Waals surface area contributed by atoms with E-state index in [1.807, 2.05) is 38.1 Å². The predicted molar refractivity (Wildman–Crippen MR) is 113 cm³/mol. The molecule has 1 aliphatic heterocycles. The number of allylic oxidation sites excluding steroid dienone is 3. The van der Waals surface area contributed by atoms with Crippen molar-refractivity contribution in [2.45, 2.75) is 65.2 Å². The zero-order valence-electron chi connectivity index (χ0n) is 17.7. The number of unbranched alkanes of at least 4 members (excludes halogenated alkanes) is 2. The average molecular weight is 398 g/mol. The van der Waals surface area contributed by atoms with Crippen LogP contribution >= 0.6 is 0 Å². The summed E-state index contributed by atoms with van der Waals surface area (Å²) in [7, 11) is 0. The fourth-order valence-corrected chi connectivity index (χ4v) is 4.17. The van der Waals surface area contributed by atoms with Gasteiger partial charge in [0.1, 0.15) is 5.75 Å². The molecule has 3 rings (SSSR count). The first-order chi connectivity index (χ1) is 14.1. The molecule has 2 aliphatic rings. The molecule has 0 fully saturated rings. The Kier molecular flexibility index (Phi) is 7.13. The van der Waals surface area contributed by atoms with Crippen LogP contribution in [-0.4, -0.2) is 25.0 Å². The second-order valence-corrected chi connectivity index (χ2v) is 7.58. The maximum absolute atomic E-state index is 13.1. The summed E-state index contributed by atoms with van der Waals surface area (Å²) in [5.74, 6) is -0.0113. The molecular weight excluding hydrogens is 366 g/mol. The molecule has 29 heavy (non-hydrogen) atoms. The molecule has 5 heteroatoms. The van der Waals surface area contributed by atoms with Crippen molar-refractivity contribution in [3.63, 3.8) is 0 Å². The number of esters is 1. The Morgan fingerprint density at radius 2 is 1.97 bits per heavy atom. The highest BCUT2D eigenvalue weighted by molar-refractivity contribution is 6.04. The van der Waals surface area contributed by atoms with Gasteiger partial charge in [-0.25, -0.2) is 4.79 Å². The molecule has 0 saturated heterocycles. The maximum Gasteiger partial charge on any atom is 0.336 e. The van der Waals surface area contributed by atoms with Crippen LogP contribution < -0.4 is 10.1 Å². The molecule has 1 heterocycles. The van der Waals surface area contributed by atoms with E-state index < -0.39 is 5.92 Å². The van der Waals surface area contributed by atoms with Crippen LogP contribution in [0.5, 0.6) is 5.75 Å². The van der Waals surface area contributed by atoms with Crippen LogP contribution in [0.4, 0.5) is 0 Å². The van der Waals surface area contributed by atoms with E-state index in [2.05, 4.69) is 12.2 Å². The minimum Gasteiger partial charge on any atom is -0.494 e. The van der Waals surface area contributed by atoms with E-state index in [-0.39, 0.29) is 11.8 Å². The molecule has 1 aliphatic carbocycles. The van der Waals surface area contributed by atoms with Crippen LogP contribution in [0.1, 0.15) is 70.8 Å². The van der Waals surface area contributed by atoms with Gasteiger partial charge < -0.3 is 14.8 Å². The number of dihydropyridines is 1. The Labute approximate surface area is 173 Å². The van der Waals surface area contributed by atoms with Crippen LogP contribution in [0.3, 0.4) is 0 Å². The Hall–Kier alpha value is -2.56. The van der Waals surface area contributed by atoms with Gasteiger partial charge in [0.05, 0.1) is 24.7 Å².